The quantitative estimate of drug-likeness (QED) is 0.823. The molecule has 0 bridgehead atoms. The third-order valence-electron chi connectivity index (χ3n) is 2.82. The minimum absolute atomic E-state index is 0.0158. The van der Waals surface area contributed by atoms with Crippen molar-refractivity contribution >= 4 is 17.6 Å². The number of hydrogen-bond donors (Lipinski definition) is 2. The van der Waals surface area contributed by atoms with Gasteiger partial charge in [-0.25, -0.2) is 4.68 Å². The molecule has 8 nitrogen and oxygen atoms in total. The largest absolute Gasteiger partial charge is 0.481 e. The third kappa shape index (κ3) is 4.10. The van der Waals surface area contributed by atoms with Gasteiger partial charge in [-0.1, -0.05) is 12.1 Å². The maximum absolute atomic E-state index is 11.7. The normalized spacial score (nSPS) is 10.3. The average molecular weight is 289 g/mol. The van der Waals surface area contributed by atoms with Crippen molar-refractivity contribution in [1.82, 2.24) is 20.2 Å². The van der Waals surface area contributed by atoms with Gasteiger partial charge in [0.05, 0.1) is 0 Å². The van der Waals surface area contributed by atoms with Gasteiger partial charge in [0.2, 0.25) is 5.91 Å². The lowest BCUT2D eigenvalue weighted by Gasteiger charge is -2.06. The smallest absolute Gasteiger partial charge is 0.303 e. The summed E-state index contributed by atoms with van der Waals surface area (Å²) in [6.45, 7) is 0. The standard InChI is InChI=1S/C13H15N5O3/c1-18-13(15-16-17-18)9-4-2-5-10(8-9)14-11(19)6-3-7-12(20)21/h2,4-5,8H,3,6-7H2,1H3,(H,14,19)(H,20,21). The zero-order chi connectivity index (χ0) is 15.2. The number of aromatic nitrogens is 4. The monoisotopic (exact) mass is 289 g/mol. The van der Waals surface area contributed by atoms with Gasteiger partial charge in [0.15, 0.2) is 5.82 Å². The van der Waals surface area contributed by atoms with Crippen molar-refractivity contribution in [2.24, 2.45) is 7.05 Å². The van der Waals surface area contributed by atoms with Crippen molar-refractivity contribution in [3.8, 4) is 11.4 Å². The Labute approximate surface area is 120 Å². The highest BCUT2D eigenvalue weighted by Crippen LogP contribution is 2.19. The highest BCUT2D eigenvalue weighted by atomic mass is 16.4. The number of carbonyl (C=O) groups is 2. The first-order valence-corrected chi connectivity index (χ1v) is 6.40. The third-order valence-corrected chi connectivity index (χ3v) is 2.82. The van der Waals surface area contributed by atoms with E-state index >= 15 is 0 Å². The van der Waals surface area contributed by atoms with Crippen molar-refractivity contribution in [2.45, 2.75) is 19.3 Å². The zero-order valence-corrected chi connectivity index (χ0v) is 11.5. The Morgan fingerprint density at radius 2 is 2.14 bits per heavy atom. The minimum Gasteiger partial charge on any atom is -0.481 e. The number of rotatable bonds is 6. The van der Waals surface area contributed by atoms with E-state index < -0.39 is 5.97 Å². The molecule has 21 heavy (non-hydrogen) atoms. The van der Waals surface area contributed by atoms with Crippen LogP contribution in [0.4, 0.5) is 5.69 Å². The van der Waals surface area contributed by atoms with Crippen molar-refractivity contribution in [1.29, 1.82) is 0 Å². The van der Waals surface area contributed by atoms with Gasteiger partial charge in [0, 0.05) is 31.1 Å². The van der Waals surface area contributed by atoms with E-state index in [0.29, 0.717) is 17.9 Å². The summed E-state index contributed by atoms with van der Waals surface area (Å²) >= 11 is 0. The zero-order valence-electron chi connectivity index (χ0n) is 11.5. The summed E-state index contributed by atoms with van der Waals surface area (Å²) in [6.07, 6.45) is 0.466. The number of carboxylic acid groups (broad SMARTS) is 1. The van der Waals surface area contributed by atoms with E-state index in [9.17, 15) is 9.59 Å². The topological polar surface area (TPSA) is 110 Å². The number of aryl methyl sites for hydroxylation is 1. The van der Waals surface area contributed by atoms with Crippen LogP contribution >= 0.6 is 0 Å². The van der Waals surface area contributed by atoms with Gasteiger partial charge < -0.3 is 10.4 Å². The number of tetrazole rings is 1. The van der Waals surface area contributed by atoms with Crippen LogP contribution in [0.15, 0.2) is 24.3 Å². The van der Waals surface area contributed by atoms with Crippen LogP contribution in [0.5, 0.6) is 0 Å². The van der Waals surface area contributed by atoms with E-state index in [0.717, 1.165) is 5.56 Å². The van der Waals surface area contributed by atoms with Crippen LogP contribution in [0.25, 0.3) is 11.4 Å². The second kappa shape index (κ2) is 6.60. The van der Waals surface area contributed by atoms with Gasteiger partial charge in [-0.3, -0.25) is 9.59 Å². The number of aliphatic carboxylic acids is 1. The average Bonchev–Trinajstić information content (AvgIpc) is 2.85. The Kier molecular flexibility index (Phi) is 4.60. The van der Waals surface area contributed by atoms with Gasteiger partial charge in [-0.2, -0.15) is 0 Å². The molecule has 0 saturated heterocycles. The summed E-state index contributed by atoms with van der Waals surface area (Å²) in [6, 6.07) is 7.14. The van der Waals surface area contributed by atoms with E-state index in [2.05, 4.69) is 20.8 Å². The van der Waals surface area contributed by atoms with Gasteiger partial charge in [0.25, 0.3) is 0 Å². The molecular weight excluding hydrogens is 274 g/mol. The molecule has 0 aliphatic heterocycles. The molecule has 0 radical (unpaired) electrons. The molecule has 1 aromatic carbocycles. The van der Waals surface area contributed by atoms with E-state index in [1.165, 1.54) is 4.68 Å². The molecule has 2 aromatic rings. The van der Waals surface area contributed by atoms with Crippen LogP contribution in [-0.4, -0.2) is 37.2 Å². The number of carboxylic acids is 1. The molecule has 110 valence electrons. The summed E-state index contributed by atoms with van der Waals surface area (Å²) in [7, 11) is 1.73. The summed E-state index contributed by atoms with van der Waals surface area (Å²) in [5, 5.41) is 22.5. The Bertz CT molecular complexity index is 653. The Morgan fingerprint density at radius 1 is 1.33 bits per heavy atom. The van der Waals surface area contributed by atoms with Gasteiger partial charge >= 0.3 is 5.97 Å². The van der Waals surface area contributed by atoms with Crippen LogP contribution in [0.1, 0.15) is 19.3 Å². The van der Waals surface area contributed by atoms with Crippen molar-refractivity contribution in [2.75, 3.05) is 5.32 Å². The SMILES string of the molecule is Cn1nnnc1-c1cccc(NC(=O)CCCC(=O)O)c1. The number of benzene rings is 1. The second-order valence-electron chi connectivity index (χ2n) is 4.50. The number of nitrogens with one attached hydrogen (secondary N) is 1. The molecule has 2 rings (SSSR count). The lowest BCUT2D eigenvalue weighted by Crippen LogP contribution is -2.12. The van der Waals surface area contributed by atoms with Gasteiger partial charge in [-0.05, 0) is 29.0 Å². The molecule has 0 spiro atoms. The molecule has 1 aromatic heterocycles. The van der Waals surface area contributed by atoms with E-state index in [4.69, 9.17) is 5.11 Å². The van der Waals surface area contributed by atoms with Crippen LogP contribution < -0.4 is 5.32 Å². The second-order valence-corrected chi connectivity index (χ2v) is 4.50. The van der Waals surface area contributed by atoms with Crippen LogP contribution in [0, 0.1) is 0 Å². The predicted molar refractivity (Wildman–Crippen MR) is 74.4 cm³/mol. The molecule has 0 aliphatic rings. The maximum atomic E-state index is 11.7. The summed E-state index contributed by atoms with van der Waals surface area (Å²) < 4.78 is 1.54. The van der Waals surface area contributed by atoms with Crippen LogP contribution in [0.2, 0.25) is 0 Å². The predicted octanol–water partition coefficient (Wildman–Crippen LogP) is 1.07. The first-order valence-electron chi connectivity index (χ1n) is 6.40. The minimum atomic E-state index is -0.903. The van der Waals surface area contributed by atoms with Crippen LogP contribution in [0.3, 0.4) is 0 Å². The number of anilines is 1. The lowest BCUT2D eigenvalue weighted by molar-refractivity contribution is -0.137. The summed E-state index contributed by atoms with van der Waals surface area (Å²) in [4.78, 5) is 22.1. The number of amides is 1. The fourth-order valence-corrected chi connectivity index (χ4v) is 1.83. The Morgan fingerprint density at radius 3 is 2.81 bits per heavy atom. The number of carbonyl (C=O) groups excluding carboxylic acids is 1. The molecule has 1 amide bonds. The molecule has 0 saturated carbocycles. The van der Waals surface area contributed by atoms with Crippen LogP contribution in [-0.2, 0) is 16.6 Å². The molecule has 0 fully saturated rings. The molecule has 2 N–H and O–H groups in total. The fraction of sp³-hybridized carbons (Fsp3) is 0.308. The lowest BCUT2D eigenvalue weighted by atomic mass is 10.1. The first kappa shape index (κ1) is 14.6. The number of nitrogens with zero attached hydrogens (tertiary/aromatic N) is 4. The maximum Gasteiger partial charge on any atom is 0.303 e. The highest BCUT2D eigenvalue weighted by molar-refractivity contribution is 5.91. The summed E-state index contributed by atoms with van der Waals surface area (Å²) in [5.41, 5.74) is 1.40. The van der Waals surface area contributed by atoms with Gasteiger partial charge in [-0.15, -0.1) is 5.10 Å². The van der Waals surface area contributed by atoms with Gasteiger partial charge in [0.1, 0.15) is 0 Å². The molecule has 1 heterocycles. The number of hydrogen-bond acceptors (Lipinski definition) is 5. The molecule has 8 heteroatoms. The van der Waals surface area contributed by atoms with Crippen molar-refractivity contribution in [3.05, 3.63) is 24.3 Å². The van der Waals surface area contributed by atoms with E-state index in [1.54, 1.807) is 25.2 Å². The summed E-state index contributed by atoms with van der Waals surface area (Å²) in [5.74, 6) is -0.527. The van der Waals surface area contributed by atoms with E-state index in [1.807, 2.05) is 6.07 Å². The van der Waals surface area contributed by atoms with Crippen molar-refractivity contribution < 1.29 is 14.7 Å². The Balaban J connectivity index is 2.00. The molecule has 0 aliphatic carbocycles. The fourth-order valence-electron chi connectivity index (χ4n) is 1.83. The molecular formula is C13H15N5O3. The molecule has 0 unspecified atom stereocenters. The Hall–Kier alpha value is -2.77. The van der Waals surface area contributed by atoms with E-state index in [-0.39, 0.29) is 18.7 Å². The molecule has 0 atom stereocenters. The highest BCUT2D eigenvalue weighted by Gasteiger charge is 2.08. The van der Waals surface area contributed by atoms with Crippen molar-refractivity contribution in [3.63, 3.8) is 0 Å². The first-order chi connectivity index (χ1) is 10.1.